The number of methoxy groups -OCH3 is 1. The summed E-state index contributed by atoms with van der Waals surface area (Å²) in [6.45, 7) is 2.00. The lowest BCUT2D eigenvalue weighted by Crippen LogP contribution is -2.24. The molecule has 4 rings (SSSR count). The number of nitrogens with one attached hydrogen (secondary N) is 1. The van der Waals surface area contributed by atoms with Crippen molar-refractivity contribution in [3.8, 4) is 11.4 Å². The van der Waals surface area contributed by atoms with Gasteiger partial charge in [0.05, 0.1) is 29.1 Å². The lowest BCUT2D eigenvalue weighted by molar-refractivity contribution is -0.113. The molecule has 30 heavy (non-hydrogen) atoms. The Hall–Kier alpha value is -2.71. The molecule has 0 unspecified atom stereocenters. The van der Waals surface area contributed by atoms with Crippen molar-refractivity contribution >= 4 is 35.1 Å². The van der Waals surface area contributed by atoms with Gasteiger partial charge in [0, 0.05) is 17.9 Å². The molecule has 0 saturated carbocycles. The Morgan fingerprint density at radius 1 is 1.20 bits per heavy atom. The number of thioether (sulfide) groups is 2. The second kappa shape index (κ2) is 8.97. The van der Waals surface area contributed by atoms with Gasteiger partial charge in [-0.05, 0) is 43.3 Å². The van der Waals surface area contributed by atoms with Crippen LogP contribution in [0.15, 0.2) is 63.4 Å². The Labute approximate surface area is 183 Å². The average Bonchev–Trinajstić information content (AvgIpc) is 3.23. The molecule has 8 heteroatoms. The summed E-state index contributed by atoms with van der Waals surface area (Å²) < 4.78 is 6.80. The molecule has 6 nitrogen and oxygen atoms in total. The van der Waals surface area contributed by atoms with Crippen molar-refractivity contribution in [1.29, 1.82) is 0 Å². The van der Waals surface area contributed by atoms with Crippen LogP contribution in [-0.2, 0) is 11.2 Å². The monoisotopic (exact) mass is 439 g/mol. The van der Waals surface area contributed by atoms with Crippen molar-refractivity contribution in [2.24, 2.45) is 0 Å². The zero-order valence-corrected chi connectivity index (χ0v) is 18.3. The van der Waals surface area contributed by atoms with Crippen LogP contribution in [0.4, 0.5) is 5.69 Å². The summed E-state index contributed by atoms with van der Waals surface area (Å²) in [5.41, 5.74) is 3.30. The van der Waals surface area contributed by atoms with Crippen LogP contribution in [-0.4, -0.2) is 34.1 Å². The number of hydrogen-bond donors (Lipinski definition) is 1. The number of nitrogens with zero attached hydrogens (tertiary/aromatic N) is 2. The van der Waals surface area contributed by atoms with E-state index in [9.17, 15) is 9.59 Å². The summed E-state index contributed by atoms with van der Waals surface area (Å²) in [7, 11) is 1.60. The maximum atomic E-state index is 13.2. The number of carbonyl (C=O) groups excluding carboxylic acids is 1. The van der Waals surface area contributed by atoms with Crippen LogP contribution in [0.25, 0.3) is 5.69 Å². The average molecular weight is 440 g/mol. The van der Waals surface area contributed by atoms with Gasteiger partial charge in [-0.3, -0.25) is 14.2 Å². The summed E-state index contributed by atoms with van der Waals surface area (Å²) in [6.07, 6.45) is 0.766. The summed E-state index contributed by atoms with van der Waals surface area (Å²) in [5, 5.41) is 3.40. The minimum atomic E-state index is -0.144. The van der Waals surface area contributed by atoms with E-state index in [0.29, 0.717) is 21.5 Å². The standard InChI is InChI=1S/C22H21N3O3S2/c1-14-3-5-15(6-4-14)23-19(26)13-30-22-24-18-11-12-29-20(18)21(27)25(22)16-7-9-17(28-2)10-8-16/h3-10H,11-13H2,1-2H3,(H,23,26). The molecule has 3 aromatic rings. The van der Waals surface area contributed by atoms with E-state index < -0.39 is 0 Å². The third-order valence-corrected chi connectivity index (χ3v) is 6.71. The van der Waals surface area contributed by atoms with Crippen molar-refractivity contribution < 1.29 is 9.53 Å². The molecule has 2 aromatic carbocycles. The van der Waals surface area contributed by atoms with E-state index in [2.05, 4.69) is 5.32 Å². The van der Waals surface area contributed by atoms with Gasteiger partial charge in [0.15, 0.2) is 5.16 Å². The zero-order valence-electron chi connectivity index (χ0n) is 16.7. The molecule has 1 amide bonds. The highest BCUT2D eigenvalue weighted by atomic mass is 32.2. The molecule has 0 spiro atoms. The molecular formula is C22H21N3O3S2. The Bertz CT molecular complexity index is 1130. The minimum absolute atomic E-state index is 0.0888. The number of aromatic nitrogens is 2. The third-order valence-electron chi connectivity index (χ3n) is 4.66. The zero-order chi connectivity index (χ0) is 21.1. The Morgan fingerprint density at radius 3 is 2.63 bits per heavy atom. The van der Waals surface area contributed by atoms with Crippen LogP contribution in [0.1, 0.15) is 11.3 Å². The fourth-order valence-electron chi connectivity index (χ4n) is 3.11. The van der Waals surface area contributed by atoms with Gasteiger partial charge in [0.25, 0.3) is 5.56 Å². The number of fused-ring (bicyclic) bond motifs is 1. The van der Waals surface area contributed by atoms with Gasteiger partial charge in [-0.2, -0.15) is 0 Å². The highest BCUT2D eigenvalue weighted by Crippen LogP contribution is 2.30. The van der Waals surface area contributed by atoms with Gasteiger partial charge in [-0.15, -0.1) is 11.8 Å². The quantitative estimate of drug-likeness (QED) is 0.463. The highest BCUT2D eigenvalue weighted by Gasteiger charge is 2.23. The summed E-state index contributed by atoms with van der Waals surface area (Å²) in [6, 6.07) is 14.9. The normalized spacial score (nSPS) is 12.5. The first kappa shape index (κ1) is 20.6. The smallest absolute Gasteiger partial charge is 0.272 e. The number of ether oxygens (including phenoxy) is 1. The Morgan fingerprint density at radius 2 is 1.93 bits per heavy atom. The molecule has 2 heterocycles. The molecule has 0 radical (unpaired) electrons. The third kappa shape index (κ3) is 4.39. The fraction of sp³-hybridized carbons (Fsp3) is 0.227. The van der Waals surface area contributed by atoms with Gasteiger partial charge in [0.1, 0.15) is 5.75 Å². The molecule has 1 aliphatic heterocycles. The van der Waals surface area contributed by atoms with Gasteiger partial charge in [0.2, 0.25) is 5.91 Å². The number of benzene rings is 2. The molecule has 0 fully saturated rings. The van der Waals surface area contributed by atoms with E-state index in [-0.39, 0.29) is 17.2 Å². The lowest BCUT2D eigenvalue weighted by Gasteiger charge is -2.14. The number of carbonyl (C=O) groups is 1. The van der Waals surface area contributed by atoms with Crippen LogP contribution < -0.4 is 15.6 Å². The molecule has 0 aliphatic carbocycles. The van der Waals surface area contributed by atoms with E-state index >= 15 is 0 Å². The fourth-order valence-corrected chi connectivity index (χ4v) is 4.97. The van der Waals surface area contributed by atoms with Gasteiger partial charge in [-0.25, -0.2) is 4.98 Å². The van der Waals surface area contributed by atoms with Crippen LogP contribution in [0.3, 0.4) is 0 Å². The molecule has 1 aliphatic rings. The van der Waals surface area contributed by atoms with E-state index in [1.165, 1.54) is 23.5 Å². The van der Waals surface area contributed by atoms with Crippen molar-refractivity contribution in [3.63, 3.8) is 0 Å². The van der Waals surface area contributed by atoms with E-state index in [1.807, 2.05) is 43.3 Å². The van der Waals surface area contributed by atoms with Gasteiger partial charge in [-0.1, -0.05) is 29.5 Å². The van der Waals surface area contributed by atoms with E-state index in [0.717, 1.165) is 29.1 Å². The first-order valence-corrected chi connectivity index (χ1v) is 11.4. The maximum Gasteiger partial charge on any atom is 0.272 e. The molecule has 0 atom stereocenters. The Balaban J connectivity index is 1.60. The number of amides is 1. The second-order valence-corrected chi connectivity index (χ2v) is 8.86. The van der Waals surface area contributed by atoms with Crippen molar-refractivity contribution in [1.82, 2.24) is 9.55 Å². The van der Waals surface area contributed by atoms with Gasteiger partial charge < -0.3 is 10.1 Å². The van der Waals surface area contributed by atoms with Crippen LogP contribution in [0.5, 0.6) is 5.75 Å². The number of anilines is 1. The van der Waals surface area contributed by atoms with E-state index in [1.54, 1.807) is 23.8 Å². The Kier molecular flexibility index (Phi) is 6.15. The van der Waals surface area contributed by atoms with Crippen LogP contribution >= 0.6 is 23.5 Å². The summed E-state index contributed by atoms with van der Waals surface area (Å²) in [5.74, 6) is 1.57. The van der Waals surface area contributed by atoms with Crippen molar-refractivity contribution in [2.75, 3.05) is 23.9 Å². The van der Waals surface area contributed by atoms with Crippen molar-refractivity contribution in [2.45, 2.75) is 23.4 Å². The topological polar surface area (TPSA) is 73.2 Å². The van der Waals surface area contributed by atoms with Gasteiger partial charge >= 0.3 is 0 Å². The molecule has 0 bridgehead atoms. The summed E-state index contributed by atoms with van der Waals surface area (Å²) in [4.78, 5) is 31.0. The molecule has 1 N–H and O–H groups in total. The van der Waals surface area contributed by atoms with Crippen LogP contribution in [0, 0.1) is 6.92 Å². The molecule has 0 saturated heterocycles. The first-order chi connectivity index (χ1) is 14.5. The largest absolute Gasteiger partial charge is 0.497 e. The molecular weight excluding hydrogens is 418 g/mol. The van der Waals surface area contributed by atoms with Crippen molar-refractivity contribution in [3.05, 3.63) is 70.1 Å². The number of rotatable bonds is 6. The predicted molar refractivity (Wildman–Crippen MR) is 121 cm³/mol. The minimum Gasteiger partial charge on any atom is -0.497 e. The molecule has 154 valence electrons. The SMILES string of the molecule is COc1ccc(-n2c(SCC(=O)Nc3ccc(C)cc3)nc3c(c2=O)SCC3)cc1. The molecule has 1 aromatic heterocycles. The van der Waals surface area contributed by atoms with E-state index in [4.69, 9.17) is 9.72 Å². The lowest BCUT2D eigenvalue weighted by atomic mass is 10.2. The second-order valence-electron chi connectivity index (χ2n) is 6.81. The maximum absolute atomic E-state index is 13.2. The first-order valence-electron chi connectivity index (χ1n) is 9.47. The number of hydrogen-bond acceptors (Lipinski definition) is 6. The predicted octanol–water partition coefficient (Wildman–Crippen LogP) is 3.93. The summed E-state index contributed by atoms with van der Waals surface area (Å²) >= 11 is 2.80. The number of aryl methyl sites for hydroxylation is 2. The van der Waals surface area contributed by atoms with Crippen LogP contribution in [0.2, 0.25) is 0 Å². The highest BCUT2D eigenvalue weighted by molar-refractivity contribution is 8.00.